The predicted octanol–water partition coefficient (Wildman–Crippen LogP) is 6.64. The molecule has 3 aromatic rings. The summed E-state index contributed by atoms with van der Waals surface area (Å²) in [4.78, 5) is 16.8. The highest BCUT2D eigenvalue weighted by atomic mass is 35.5. The first-order valence-corrected chi connectivity index (χ1v) is 8.74. The third-order valence-corrected chi connectivity index (χ3v) is 4.17. The fourth-order valence-corrected chi connectivity index (χ4v) is 2.64. The van der Waals surface area contributed by atoms with E-state index in [9.17, 15) is 4.79 Å². The van der Waals surface area contributed by atoms with E-state index in [1.807, 2.05) is 48.5 Å². The molecule has 0 amide bonds. The Morgan fingerprint density at radius 3 is 2.27 bits per heavy atom. The van der Waals surface area contributed by atoms with Crippen molar-refractivity contribution in [2.24, 2.45) is 4.99 Å². The molecule has 0 heterocycles. The van der Waals surface area contributed by atoms with Gasteiger partial charge in [0.05, 0.1) is 5.69 Å². The second kappa shape index (κ2) is 8.61. The van der Waals surface area contributed by atoms with Crippen molar-refractivity contribution in [3.63, 3.8) is 0 Å². The van der Waals surface area contributed by atoms with Gasteiger partial charge in [0.25, 0.3) is 0 Å². The molecule has 0 N–H and O–H groups in total. The molecule has 2 nitrogen and oxygen atoms in total. The number of carbonyl (C=O) groups excluding carboxylic acids is 1. The summed E-state index contributed by atoms with van der Waals surface area (Å²) in [7, 11) is 0. The maximum absolute atomic E-state index is 12.3. The van der Waals surface area contributed by atoms with E-state index >= 15 is 0 Å². The third kappa shape index (κ3) is 4.92. The number of hydrogen-bond donors (Lipinski definition) is 0. The molecule has 0 radical (unpaired) electrons. The van der Waals surface area contributed by atoms with Crippen LogP contribution in [0.5, 0.6) is 0 Å². The Kier molecular flexibility index (Phi) is 6.00. The quantitative estimate of drug-likeness (QED) is 0.277. The highest BCUT2D eigenvalue weighted by Gasteiger charge is 2.03. The summed E-state index contributed by atoms with van der Waals surface area (Å²) >= 11 is 12.0. The lowest BCUT2D eigenvalue weighted by atomic mass is 10.1. The molecule has 4 heteroatoms. The van der Waals surface area contributed by atoms with Crippen molar-refractivity contribution in [3.8, 4) is 0 Å². The molecule has 3 rings (SSSR count). The zero-order valence-corrected chi connectivity index (χ0v) is 15.3. The molecule has 0 saturated heterocycles. The number of halogens is 2. The van der Waals surface area contributed by atoms with Crippen LogP contribution in [-0.2, 0) is 0 Å². The van der Waals surface area contributed by atoms with Crippen molar-refractivity contribution >= 4 is 47.0 Å². The highest BCUT2D eigenvalue weighted by Crippen LogP contribution is 2.25. The van der Waals surface area contributed by atoms with E-state index in [1.165, 1.54) is 6.08 Å². The summed E-state index contributed by atoms with van der Waals surface area (Å²) in [6.07, 6.45) is 5.01. The summed E-state index contributed by atoms with van der Waals surface area (Å²) in [5, 5.41) is 1.26. The number of hydrogen-bond acceptors (Lipinski definition) is 2. The van der Waals surface area contributed by atoms with Crippen LogP contribution in [0.15, 0.2) is 83.9 Å². The monoisotopic (exact) mass is 379 g/mol. The van der Waals surface area contributed by atoms with Crippen molar-refractivity contribution in [2.45, 2.75) is 0 Å². The van der Waals surface area contributed by atoms with Crippen LogP contribution in [0.25, 0.3) is 6.08 Å². The summed E-state index contributed by atoms with van der Waals surface area (Å²) in [6, 6.07) is 21.9. The van der Waals surface area contributed by atoms with Gasteiger partial charge in [0.1, 0.15) is 0 Å². The van der Waals surface area contributed by atoms with Gasteiger partial charge in [0.15, 0.2) is 5.78 Å². The van der Waals surface area contributed by atoms with Gasteiger partial charge in [-0.15, -0.1) is 0 Å². The van der Waals surface area contributed by atoms with E-state index in [0.717, 1.165) is 16.8 Å². The molecule has 0 fully saturated rings. The fourth-order valence-electron chi connectivity index (χ4n) is 2.33. The van der Waals surface area contributed by atoms with Gasteiger partial charge in [-0.1, -0.05) is 65.7 Å². The number of allylic oxidation sites excluding steroid dienone is 1. The van der Waals surface area contributed by atoms with Crippen LogP contribution in [0.2, 0.25) is 10.0 Å². The summed E-state index contributed by atoms with van der Waals surface area (Å²) in [5.41, 5.74) is 3.06. The molecule has 0 aliphatic carbocycles. The van der Waals surface area contributed by atoms with Crippen LogP contribution in [0.3, 0.4) is 0 Å². The van der Waals surface area contributed by atoms with Gasteiger partial charge >= 0.3 is 0 Å². The highest BCUT2D eigenvalue weighted by molar-refractivity contribution is 6.31. The molecule has 0 bridgehead atoms. The Balaban J connectivity index is 1.85. The Bertz CT molecular complexity index is 961. The maximum Gasteiger partial charge on any atom is 0.185 e. The number of aliphatic imine (C=N–C) groups is 1. The van der Waals surface area contributed by atoms with E-state index in [2.05, 4.69) is 4.99 Å². The number of rotatable bonds is 5. The van der Waals surface area contributed by atoms with Crippen LogP contribution in [-0.4, -0.2) is 12.0 Å². The minimum Gasteiger partial charge on any atom is -0.289 e. The number of nitrogens with zero attached hydrogens (tertiary/aromatic N) is 1. The number of benzene rings is 3. The summed E-state index contributed by atoms with van der Waals surface area (Å²) in [6.45, 7) is 0. The van der Waals surface area contributed by atoms with Gasteiger partial charge < -0.3 is 0 Å². The standard InChI is InChI=1S/C22H15Cl2NO/c23-19-9-6-16(7-10-19)15-25-21-12-11-20(24)14-18(21)8-13-22(26)17-4-2-1-3-5-17/h1-15H/b13-8+,25-15?. The molecule has 0 atom stereocenters. The Labute approximate surface area is 162 Å². The lowest BCUT2D eigenvalue weighted by Crippen LogP contribution is -1.92. The number of ketones is 1. The summed E-state index contributed by atoms with van der Waals surface area (Å²) < 4.78 is 0. The van der Waals surface area contributed by atoms with E-state index in [1.54, 1.807) is 36.6 Å². The predicted molar refractivity (Wildman–Crippen MR) is 110 cm³/mol. The van der Waals surface area contributed by atoms with Gasteiger partial charge in [-0.25, -0.2) is 0 Å². The van der Waals surface area contributed by atoms with Crippen LogP contribution >= 0.6 is 23.2 Å². The minimum absolute atomic E-state index is 0.0711. The van der Waals surface area contributed by atoms with Crippen molar-refractivity contribution in [2.75, 3.05) is 0 Å². The molecular weight excluding hydrogens is 365 g/mol. The van der Waals surface area contributed by atoms with E-state index in [4.69, 9.17) is 23.2 Å². The van der Waals surface area contributed by atoms with Crippen molar-refractivity contribution < 1.29 is 4.79 Å². The molecular formula is C22H15Cl2NO. The van der Waals surface area contributed by atoms with Gasteiger partial charge in [0.2, 0.25) is 0 Å². The average molecular weight is 380 g/mol. The molecule has 0 spiro atoms. The molecule has 0 aromatic heterocycles. The SMILES string of the molecule is O=C(/C=C/c1cc(Cl)ccc1N=Cc1ccc(Cl)cc1)c1ccccc1. The molecule has 0 unspecified atom stereocenters. The zero-order chi connectivity index (χ0) is 18.4. The Morgan fingerprint density at radius 1 is 0.846 bits per heavy atom. The van der Waals surface area contributed by atoms with Crippen LogP contribution in [0.1, 0.15) is 21.5 Å². The van der Waals surface area contributed by atoms with Gasteiger partial charge in [-0.05, 0) is 48.0 Å². The second-order valence-corrected chi connectivity index (χ2v) is 6.45. The second-order valence-electron chi connectivity index (χ2n) is 5.58. The fraction of sp³-hybridized carbons (Fsp3) is 0. The molecule has 26 heavy (non-hydrogen) atoms. The first-order valence-electron chi connectivity index (χ1n) is 7.98. The maximum atomic E-state index is 12.3. The minimum atomic E-state index is -0.0711. The molecule has 3 aromatic carbocycles. The first-order chi connectivity index (χ1) is 12.6. The smallest absolute Gasteiger partial charge is 0.185 e. The van der Waals surface area contributed by atoms with E-state index in [0.29, 0.717) is 15.6 Å². The first kappa shape index (κ1) is 18.1. The topological polar surface area (TPSA) is 29.4 Å². The zero-order valence-electron chi connectivity index (χ0n) is 13.8. The molecule has 0 aliphatic heterocycles. The van der Waals surface area contributed by atoms with Crippen molar-refractivity contribution in [1.29, 1.82) is 0 Å². The van der Waals surface area contributed by atoms with Crippen molar-refractivity contribution in [3.05, 3.63) is 106 Å². The lowest BCUT2D eigenvalue weighted by molar-refractivity contribution is 0.104. The van der Waals surface area contributed by atoms with Crippen molar-refractivity contribution in [1.82, 2.24) is 0 Å². The average Bonchev–Trinajstić information content (AvgIpc) is 2.67. The number of carbonyl (C=O) groups is 1. The molecule has 128 valence electrons. The van der Waals surface area contributed by atoms with Crippen LogP contribution in [0, 0.1) is 0 Å². The van der Waals surface area contributed by atoms with Crippen LogP contribution < -0.4 is 0 Å². The molecule has 0 aliphatic rings. The third-order valence-electron chi connectivity index (χ3n) is 3.68. The lowest BCUT2D eigenvalue weighted by Gasteiger charge is -2.02. The Hall–Kier alpha value is -2.68. The van der Waals surface area contributed by atoms with Gasteiger partial charge in [-0.3, -0.25) is 9.79 Å². The van der Waals surface area contributed by atoms with E-state index < -0.39 is 0 Å². The Morgan fingerprint density at radius 2 is 1.54 bits per heavy atom. The molecule has 0 saturated carbocycles. The largest absolute Gasteiger partial charge is 0.289 e. The van der Waals surface area contributed by atoms with E-state index in [-0.39, 0.29) is 5.78 Å². The summed E-state index contributed by atoms with van der Waals surface area (Å²) in [5.74, 6) is -0.0711. The van der Waals surface area contributed by atoms with Gasteiger partial charge in [-0.2, -0.15) is 0 Å². The normalized spacial score (nSPS) is 11.3. The van der Waals surface area contributed by atoms with Gasteiger partial charge in [0, 0.05) is 27.4 Å². The van der Waals surface area contributed by atoms with Crippen LogP contribution in [0.4, 0.5) is 5.69 Å².